The number of nitrogens with one attached hydrogen (secondary N) is 1. The summed E-state index contributed by atoms with van der Waals surface area (Å²) in [5, 5.41) is 3.45. The molecule has 2 aromatic carbocycles. The highest BCUT2D eigenvalue weighted by atomic mass is 16.1. The smallest absolute Gasteiger partial charge is 0.212 e. The van der Waals surface area contributed by atoms with Crippen molar-refractivity contribution < 1.29 is 9.59 Å². The number of anilines is 1. The van der Waals surface area contributed by atoms with E-state index >= 15 is 0 Å². The van der Waals surface area contributed by atoms with Crippen LogP contribution < -0.4 is 10.2 Å². The quantitative estimate of drug-likeness (QED) is 0.881. The Bertz CT molecular complexity index is 896. The van der Waals surface area contributed by atoms with Gasteiger partial charge in [0.05, 0.1) is 0 Å². The monoisotopic (exact) mass is 360 g/mol. The van der Waals surface area contributed by atoms with Gasteiger partial charge >= 0.3 is 0 Å². The standard InChI is InChI=1S/C23H24N2O2/c1-25(17-12-6-3-7-13-17)21-20(24-16-10-4-2-5-11-16)22(26)18-14-8-9-15-19(18)23(21)27/h3,6-9,12-16,24H,2,4-5,10-11H2,1H3. The van der Waals surface area contributed by atoms with E-state index in [4.69, 9.17) is 0 Å². The fourth-order valence-corrected chi connectivity index (χ4v) is 4.05. The van der Waals surface area contributed by atoms with E-state index in [1.165, 1.54) is 6.42 Å². The molecule has 1 fully saturated rings. The molecule has 0 saturated heterocycles. The van der Waals surface area contributed by atoms with Crippen LogP contribution in [0.15, 0.2) is 66.0 Å². The van der Waals surface area contributed by atoms with Crippen molar-refractivity contribution in [3.63, 3.8) is 0 Å². The zero-order chi connectivity index (χ0) is 18.8. The van der Waals surface area contributed by atoms with E-state index in [1.807, 2.05) is 54.4 Å². The molecule has 0 heterocycles. The van der Waals surface area contributed by atoms with Crippen molar-refractivity contribution in [3.05, 3.63) is 77.1 Å². The number of hydrogen-bond donors (Lipinski definition) is 1. The Morgan fingerprint density at radius 1 is 0.815 bits per heavy atom. The molecule has 1 saturated carbocycles. The predicted molar refractivity (Wildman–Crippen MR) is 107 cm³/mol. The molecular formula is C23H24N2O2. The van der Waals surface area contributed by atoms with Gasteiger partial charge in [-0.3, -0.25) is 9.59 Å². The molecule has 2 aliphatic rings. The molecule has 0 atom stereocenters. The van der Waals surface area contributed by atoms with Crippen LogP contribution in [0.5, 0.6) is 0 Å². The number of para-hydroxylation sites is 1. The number of nitrogens with zero attached hydrogens (tertiary/aromatic N) is 1. The summed E-state index contributed by atoms with van der Waals surface area (Å²) in [6.45, 7) is 0. The fraction of sp³-hybridized carbons (Fsp3) is 0.304. The summed E-state index contributed by atoms with van der Waals surface area (Å²) < 4.78 is 0. The van der Waals surface area contributed by atoms with E-state index in [0.29, 0.717) is 22.5 Å². The van der Waals surface area contributed by atoms with Crippen molar-refractivity contribution in [1.29, 1.82) is 0 Å². The summed E-state index contributed by atoms with van der Waals surface area (Å²) in [5.74, 6) is -0.191. The maximum absolute atomic E-state index is 13.3. The zero-order valence-electron chi connectivity index (χ0n) is 15.6. The van der Waals surface area contributed by atoms with Crippen molar-refractivity contribution in [2.24, 2.45) is 0 Å². The molecule has 0 bridgehead atoms. The first-order valence-corrected chi connectivity index (χ1v) is 9.65. The molecule has 2 aromatic rings. The zero-order valence-corrected chi connectivity index (χ0v) is 15.6. The largest absolute Gasteiger partial charge is 0.377 e. The molecule has 4 rings (SSSR count). The first-order valence-electron chi connectivity index (χ1n) is 9.65. The Hall–Kier alpha value is -2.88. The SMILES string of the molecule is CN(C1=C(NC2CCCCC2)C(=O)c2ccccc2C1=O)c1ccccc1. The topological polar surface area (TPSA) is 49.4 Å². The van der Waals surface area contributed by atoms with Gasteiger partial charge in [-0.1, -0.05) is 61.7 Å². The number of rotatable bonds is 4. The lowest BCUT2D eigenvalue weighted by Crippen LogP contribution is -2.41. The van der Waals surface area contributed by atoms with Gasteiger partial charge < -0.3 is 10.2 Å². The van der Waals surface area contributed by atoms with Gasteiger partial charge in [0.1, 0.15) is 11.4 Å². The highest BCUT2D eigenvalue weighted by molar-refractivity contribution is 6.27. The van der Waals surface area contributed by atoms with Gasteiger partial charge in [-0.2, -0.15) is 0 Å². The summed E-state index contributed by atoms with van der Waals surface area (Å²) in [6, 6.07) is 17.1. The number of hydrogen-bond acceptors (Lipinski definition) is 4. The van der Waals surface area contributed by atoms with Crippen molar-refractivity contribution in [2.75, 3.05) is 11.9 Å². The van der Waals surface area contributed by atoms with E-state index in [9.17, 15) is 9.59 Å². The normalized spacial score (nSPS) is 17.7. The lowest BCUT2D eigenvalue weighted by atomic mass is 9.88. The predicted octanol–water partition coefficient (Wildman–Crippen LogP) is 4.34. The molecule has 4 heteroatoms. The number of fused-ring (bicyclic) bond motifs is 1. The average molecular weight is 360 g/mol. The van der Waals surface area contributed by atoms with Crippen LogP contribution >= 0.6 is 0 Å². The molecule has 138 valence electrons. The molecule has 1 N–H and O–H groups in total. The van der Waals surface area contributed by atoms with Crippen LogP contribution in [0, 0.1) is 0 Å². The van der Waals surface area contributed by atoms with E-state index in [2.05, 4.69) is 5.32 Å². The van der Waals surface area contributed by atoms with Crippen LogP contribution in [0.25, 0.3) is 0 Å². The number of allylic oxidation sites excluding steroid dienone is 2. The van der Waals surface area contributed by atoms with E-state index < -0.39 is 0 Å². The summed E-state index contributed by atoms with van der Waals surface area (Å²) in [4.78, 5) is 28.5. The maximum atomic E-state index is 13.3. The second-order valence-corrected chi connectivity index (χ2v) is 7.30. The van der Waals surface area contributed by atoms with Crippen LogP contribution in [0.2, 0.25) is 0 Å². The van der Waals surface area contributed by atoms with Crippen LogP contribution in [0.3, 0.4) is 0 Å². The number of likely N-dealkylation sites (N-methyl/N-ethyl adjacent to an activating group) is 1. The maximum Gasteiger partial charge on any atom is 0.212 e. The lowest BCUT2D eigenvalue weighted by Gasteiger charge is -2.32. The highest BCUT2D eigenvalue weighted by Gasteiger charge is 2.35. The number of ketones is 2. The molecule has 4 nitrogen and oxygen atoms in total. The summed E-state index contributed by atoms with van der Waals surface area (Å²) in [6.07, 6.45) is 5.63. The second kappa shape index (κ2) is 7.39. The Labute approximate surface area is 159 Å². The minimum Gasteiger partial charge on any atom is -0.377 e. The lowest BCUT2D eigenvalue weighted by molar-refractivity contribution is 0.0963. The number of Topliss-reactive ketones (excluding diaryl/α,β-unsaturated/α-hetero) is 2. The molecule has 0 spiro atoms. The molecule has 0 unspecified atom stereocenters. The van der Waals surface area contributed by atoms with Crippen LogP contribution in [-0.4, -0.2) is 24.7 Å². The van der Waals surface area contributed by atoms with Gasteiger partial charge in [-0.05, 0) is 25.0 Å². The van der Waals surface area contributed by atoms with Gasteiger partial charge in [-0.15, -0.1) is 0 Å². The van der Waals surface area contributed by atoms with Crippen molar-refractivity contribution in [2.45, 2.75) is 38.1 Å². The number of carbonyl (C=O) groups is 2. The van der Waals surface area contributed by atoms with Crippen LogP contribution in [-0.2, 0) is 0 Å². The third-order valence-corrected chi connectivity index (χ3v) is 5.53. The van der Waals surface area contributed by atoms with E-state index in [-0.39, 0.29) is 17.6 Å². The summed E-state index contributed by atoms with van der Waals surface area (Å²) in [7, 11) is 1.85. The van der Waals surface area contributed by atoms with Gasteiger partial charge in [0.25, 0.3) is 0 Å². The Morgan fingerprint density at radius 3 is 2.07 bits per heavy atom. The molecule has 0 aromatic heterocycles. The minimum atomic E-state index is -0.102. The van der Waals surface area contributed by atoms with Gasteiger partial charge in [0.15, 0.2) is 0 Å². The van der Waals surface area contributed by atoms with Gasteiger partial charge in [-0.25, -0.2) is 0 Å². The molecule has 2 aliphatic carbocycles. The minimum absolute atomic E-state index is 0.0893. The van der Waals surface area contributed by atoms with Crippen molar-refractivity contribution in [1.82, 2.24) is 5.32 Å². The first-order chi connectivity index (χ1) is 13.2. The molecule has 0 aliphatic heterocycles. The number of benzene rings is 2. The van der Waals surface area contributed by atoms with Crippen molar-refractivity contribution in [3.8, 4) is 0 Å². The fourth-order valence-electron chi connectivity index (χ4n) is 4.05. The molecule has 0 amide bonds. The highest BCUT2D eigenvalue weighted by Crippen LogP contribution is 2.31. The second-order valence-electron chi connectivity index (χ2n) is 7.30. The number of carbonyl (C=O) groups excluding carboxylic acids is 2. The third-order valence-electron chi connectivity index (χ3n) is 5.53. The van der Waals surface area contributed by atoms with Gasteiger partial charge in [0, 0.05) is 29.9 Å². The Morgan fingerprint density at radius 2 is 1.41 bits per heavy atom. The van der Waals surface area contributed by atoms with Crippen LogP contribution in [0.1, 0.15) is 52.8 Å². The van der Waals surface area contributed by atoms with Crippen molar-refractivity contribution >= 4 is 17.3 Å². The van der Waals surface area contributed by atoms with E-state index in [0.717, 1.165) is 31.4 Å². The van der Waals surface area contributed by atoms with Gasteiger partial charge in [0.2, 0.25) is 11.6 Å². The summed E-state index contributed by atoms with van der Waals surface area (Å²) >= 11 is 0. The first kappa shape index (κ1) is 17.5. The molecular weight excluding hydrogens is 336 g/mol. The molecule has 27 heavy (non-hydrogen) atoms. The van der Waals surface area contributed by atoms with Crippen LogP contribution in [0.4, 0.5) is 5.69 Å². The third kappa shape index (κ3) is 3.27. The summed E-state index contributed by atoms with van der Waals surface area (Å²) in [5.41, 5.74) is 2.74. The Balaban J connectivity index is 1.80. The van der Waals surface area contributed by atoms with E-state index in [1.54, 1.807) is 12.1 Å². The average Bonchev–Trinajstić information content (AvgIpc) is 2.73. The molecule has 0 radical (unpaired) electrons. The Kier molecular flexibility index (Phi) is 4.80.